The molecule has 1 aliphatic heterocycles. The van der Waals surface area contributed by atoms with E-state index in [9.17, 15) is 4.79 Å². The molecular formula is C14H28N2O3. The zero-order valence-corrected chi connectivity index (χ0v) is 12.6. The Kier molecular flexibility index (Phi) is 7.34. The Morgan fingerprint density at radius 3 is 2.79 bits per heavy atom. The summed E-state index contributed by atoms with van der Waals surface area (Å²) in [5, 5.41) is 3.28. The quantitative estimate of drug-likeness (QED) is 0.669. The Labute approximate surface area is 116 Å². The molecule has 5 heteroatoms. The van der Waals surface area contributed by atoms with Crippen molar-refractivity contribution in [3.8, 4) is 0 Å². The summed E-state index contributed by atoms with van der Waals surface area (Å²) < 4.78 is 10.5. The molecule has 0 radical (unpaired) electrons. The standard InChI is InChI=1S/C14H28N2O3/c1-5-19-14(17)13(15-11(2)3)6-8-16(4)12-7-9-18-10-12/h11-13,15H,5-10H2,1-4H3. The summed E-state index contributed by atoms with van der Waals surface area (Å²) in [6, 6.07) is 0.543. The summed E-state index contributed by atoms with van der Waals surface area (Å²) in [5.41, 5.74) is 0. The van der Waals surface area contributed by atoms with Crippen LogP contribution in [-0.4, -0.2) is 62.4 Å². The predicted molar refractivity (Wildman–Crippen MR) is 75.2 cm³/mol. The Bertz CT molecular complexity index is 265. The Hall–Kier alpha value is -0.650. The van der Waals surface area contributed by atoms with Gasteiger partial charge in [-0.3, -0.25) is 4.79 Å². The fourth-order valence-corrected chi connectivity index (χ4v) is 2.30. The molecule has 0 spiro atoms. The molecule has 0 aliphatic carbocycles. The highest BCUT2D eigenvalue weighted by atomic mass is 16.5. The summed E-state index contributed by atoms with van der Waals surface area (Å²) in [5.74, 6) is -0.146. The van der Waals surface area contributed by atoms with Crippen LogP contribution in [0.4, 0.5) is 0 Å². The van der Waals surface area contributed by atoms with Crippen LogP contribution in [-0.2, 0) is 14.3 Å². The molecule has 0 aromatic carbocycles. The van der Waals surface area contributed by atoms with Crippen LogP contribution in [0.1, 0.15) is 33.6 Å². The second kappa shape index (κ2) is 8.51. The molecule has 0 saturated carbocycles. The van der Waals surface area contributed by atoms with Crippen molar-refractivity contribution in [2.45, 2.75) is 51.7 Å². The molecular weight excluding hydrogens is 244 g/mol. The topological polar surface area (TPSA) is 50.8 Å². The second-order valence-electron chi connectivity index (χ2n) is 5.41. The Balaban J connectivity index is 2.40. The van der Waals surface area contributed by atoms with Gasteiger partial charge in [0.1, 0.15) is 6.04 Å². The number of carbonyl (C=O) groups excluding carboxylic acids is 1. The SMILES string of the molecule is CCOC(=O)C(CCN(C)C1CCOC1)NC(C)C. The molecule has 112 valence electrons. The number of hydrogen-bond acceptors (Lipinski definition) is 5. The first kappa shape index (κ1) is 16.4. The number of nitrogens with one attached hydrogen (secondary N) is 1. The van der Waals surface area contributed by atoms with Gasteiger partial charge >= 0.3 is 5.97 Å². The van der Waals surface area contributed by atoms with E-state index in [4.69, 9.17) is 9.47 Å². The van der Waals surface area contributed by atoms with Crippen molar-refractivity contribution in [3.05, 3.63) is 0 Å². The van der Waals surface area contributed by atoms with Crippen molar-refractivity contribution in [1.82, 2.24) is 10.2 Å². The lowest BCUT2D eigenvalue weighted by molar-refractivity contribution is -0.146. The minimum atomic E-state index is -0.218. The molecule has 19 heavy (non-hydrogen) atoms. The predicted octanol–water partition coefficient (Wildman–Crippen LogP) is 1.03. The Morgan fingerprint density at radius 2 is 2.26 bits per heavy atom. The zero-order valence-electron chi connectivity index (χ0n) is 12.6. The van der Waals surface area contributed by atoms with Gasteiger partial charge in [-0.05, 0) is 26.8 Å². The van der Waals surface area contributed by atoms with E-state index < -0.39 is 0 Å². The van der Waals surface area contributed by atoms with Crippen LogP contribution in [0.15, 0.2) is 0 Å². The van der Waals surface area contributed by atoms with Crippen molar-refractivity contribution in [1.29, 1.82) is 0 Å². The number of rotatable bonds is 8. The van der Waals surface area contributed by atoms with Gasteiger partial charge in [-0.2, -0.15) is 0 Å². The van der Waals surface area contributed by atoms with Crippen LogP contribution < -0.4 is 5.32 Å². The monoisotopic (exact) mass is 272 g/mol. The van der Waals surface area contributed by atoms with Crippen LogP contribution in [0.5, 0.6) is 0 Å². The van der Waals surface area contributed by atoms with E-state index in [0.29, 0.717) is 12.6 Å². The average Bonchev–Trinajstić information content (AvgIpc) is 2.87. The number of carbonyl (C=O) groups is 1. The van der Waals surface area contributed by atoms with Crippen molar-refractivity contribution in [2.75, 3.05) is 33.4 Å². The van der Waals surface area contributed by atoms with E-state index in [1.165, 1.54) is 0 Å². The summed E-state index contributed by atoms with van der Waals surface area (Å²) in [6.45, 7) is 8.88. The highest BCUT2D eigenvalue weighted by Gasteiger charge is 2.24. The van der Waals surface area contributed by atoms with E-state index in [1.54, 1.807) is 0 Å². The molecule has 1 heterocycles. The van der Waals surface area contributed by atoms with Gasteiger partial charge in [-0.25, -0.2) is 0 Å². The van der Waals surface area contributed by atoms with Crippen molar-refractivity contribution in [3.63, 3.8) is 0 Å². The molecule has 2 atom stereocenters. The normalized spacial score (nSPS) is 21.1. The van der Waals surface area contributed by atoms with Gasteiger partial charge in [0.25, 0.3) is 0 Å². The third-order valence-corrected chi connectivity index (χ3v) is 3.41. The molecule has 1 rings (SSSR count). The number of nitrogens with zero attached hydrogens (tertiary/aromatic N) is 1. The van der Waals surface area contributed by atoms with E-state index in [-0.39, 0.29) is 18.1 Å². The van der Waals surface area contributed by atoms with Gasteiger partial charge in [0, 0.05) is 25.2 Å². The van der Waals surface area contributed by atoms with Gasteiger partial charge in [-0.15, -0.1) is 0 Å². The first-order valence-electron chi connectivity index (χ1n) is 7.25. The third-order valence-electron chi connectivity index (χ3n) is 3.41. The van der Waals surface area contributed by atoms with Crippen LogP contribution in [0.3, 0.4) is 0 Å². The van der Waals surface area contributed by atoms with Gasteiger partial charge < -0.3 is 19.7 Å². The molecule has 5 nitrogen and oxygen atoms in total. The lowest BCUT2D eigenvalue weighted by atomic mass is 10.1. The van der Waals surface area contributed by atoms with Gasteiger partial charge in [0.05, 0.1) is 13.2 Å². The Morgan fingerprint density at radius 1 is 1.53 bits per heavy atom. The molecule has 1 saturated heterocycles. The lowest BCUT2D eigenvalue weighted by Crippen LogP contribution is -2.45. The molecule has 1 fully saturated rings. The van der Waals surface area contributed by atoms with Crippen molar-refractivity contribution in [2.24, 2.45) is 0 Å². The van der Waals surface area contributed by atoms with Crippen LogP contribution >= 0.6 is 0 Å². The summed E-state index contributed by atoms with van der Waals surface area (Å²) in [6.07, 6.45) is 1.85. The molecule has 0 aromatic heterocycles. The van der Waals surface area contributed by atoms with E-state index >= 15 is 0 Å². The van der Waals surface area contributed by atoms with Crippen LogP contribution in [0.2, 0.25) is 0 Å². The number of esters is 1. The first-order chi connectivity index (χ1) is 9.04. The average molecular weight is 272 g/mol. The minimum absolute atomic E-state index is 0.146. The van der Waals surface area contributed by atoms with E-state index in [2.05, 4.69) is 17.3 Å². The molecule has 0 amide bonds. The van der Waals surface area contributed by atoms with Gasteiger partial charge in [0.15, 0.2) is 0 Å². The zero-order chi connectivity index (χ0) is 14.3. The van der Waals surface area contributed by atoms with Crippen molar-refractivity contribution < 1.29 is 14.3 Å². The summed E-state index contributed by atoms with van der Waals surface area (Å²) >= 11 is 0. The van der Waals surface area contributed by atoms with Crippen LogP contribution in [0.25, 0.3) is 0 Å². The maximum Gasteiger partial charge on any atom is 0.323 e. The summed E-state index contributed by atoms with van der Waals surface area (Å²) in [7, 11) is 2.09. The van der Waals surface area contributed by atoms with Gasteiger partial charge in [-0.1, -0.05) is 13.8 Å². The highest BCUT2D eigenvalue weighted by molar-refractivity contribution is 5.75. The third kappa shape index (κ3) is 5.89. The largest absolute Gasteiger partial charge is 0.465 e. The highest BCUT2D eigenvalue weighted by Crippen LogP contribution is 2.11. The number of hydrogen-bond donors (Lipinski definition) is 1. The number of ether oxygens (including phenoxy) is 2. The van der Waals surface area contributed by atoms with E-state index in [1.807, 2.05) is 20.8 Å². The molecule has 0 aromatic rings. The lowest BCUT2D eigenvalue weighted by Gasteiger charge is -2.26. The number of likely N-dealkylation sites (N-methyl/N-ethyl adjacent to an activating group) is 1. The van der Waals surface area contributed by atoms with Gasteiger partial charge in [0.2, 0.25) is 0 Å². The molecule has 0 bridgehead atoms. The summed E-state index contributed by atoms with van der Waals surface area (Å²) in [4.78, 5) is 14.2. The molecule has 2 unspecified atom stereocenters. The minimum Gasteiger partial charge on any atom is -0.465 e. The van der Waals surface area contributed by atoms with Crippen LogP contribution in [0, 0.1) is 0 Å². The fraction of sp³-hybridized carbons (Fsp3) is 0.929. The smallest absolute Gasteiger partial charge is 0.323 e. The fourth-order valence-electron chi connectivity index (χ4n) is 2.30. The maximum absolute atomic E-state index is 11.9. The van der Waals surface area contributed by atoms with E-state index in [0.717, 1.165) is 32.6 Å². The molecule has 1 N–H and O–H groups in total. The van der Waals surface area contributed by atoms with Crippen molar-refractivity contribution >= 4 is 5.97 Å². The molecule has 1 aliphatic rings. The second-order valence-corrected chi connectivity index (χ2v) is 5.41. The first-order valence-corrected chi connectivity index (χ1v) is 7.25. The maximum atomic E-state index is 11.9.